The second-order valence-electron chi connectivity index (χ2n) is 7.22. The number of carbonyl (C=O) groups is 3. The van der Waals surface area contributed by atoms with Gasteiger partial charge in [-0.05, 0) is 25.3 Å². The number of hydrogen-bond acceptors (Lipinski definition) is 3. The molecular weight excluding hydrogens is 332 g/mol. The molecule has 0 saturated heterocycles. The molecule has 0 spiro atoms. The van der Waals surface area contributed by atoms with Crippen LogP contribution in [0.1, 0.15) is 62.6 Å². The van der Waals surface area contributed by atoms with Crippen molar-refractivity contribution in [2.24, 2.45) is 0 Å². The Morgan fingerprint density at radius 1 is 1.15 bits per heavy atom. The standard InChI is InChI=1S/C20H28N2O4/c1-14-7-9-16(10-8-14)17(21-15(2)23)13-18(24)22(3)20(19(25)26)11-5-4-6-12-20/h7-10,17H,4-6,11-13H2,1-3H3,(H,21,23)(H,25,26). The first-order valence-corrected chi connectivity index (χ1v) is 9.10. The van der Waals surface area contributed by atoms with Crippen molar-refractivity contribution in [3.05, 3.63) is 35.4 Å². The first-order valence-electron chi connectivity index (χ1n) is 9.10. The topological polar surface area (TPSA) is 86.7 Å². The minimum Gasteiger partial charge on any atom is -0.479 e. The maximum atomic E-state index is 12.9. The number of amides is 2. The molecule has 1 aliphatic rings. The minimum atomic E-state index is -1.14. The summed E-state index contributed by atoms with van der Waals surface area (Å²) in [4.78, 5) is 37.8. The van der Waals surface area contributed by atoms with Crippen molar-refractivity contribution in [2.45, 2.75) is 64.0 Å². The van der Waals surface area contributed by atoms with Gasteiger partial charge in [0.2, 0.25) is 11.8 Å². The average molecular weight is 360 g/mol. The van der Waals surface area contributed by atoms with Crippen LogP contribution in [0.15, 0.2) is 24.3 Å². The SMILES string of the molecule is CC(=O)NC(CC(=O)N(C)C1(C(=O)O)CCCCC1)c1ccc(C)cc1. The van der Waals surface area contributed by atoms with E-state index in [2.05, 4.69) is 5.32 Å². The Morgan fingerprint density at radius 3 is 2.23 bits per heavy atom. The quantitative estimate of drug-likeness (QED) is 0.817. The van der Waals surface area contributed by atoms with Crippen LogP contribution < -0.4 is 5.32 Å². The van der Waals surface area contributed by atoms with E-state index in [0.717, 1.165) is 30.4 Å². The molecule has 2 N–H and O–H groups in total. The third kappa shape index (κ3) is 4.42. The smallest absolute Gasteiger partial charge is 0.329 e. The molecule has 0 radical (unpaired) electrons. The zero-order valence-corrected chi connectivity index (χ0v) is 15.7. The number of benzene rings is 1. The fraction of sp³-hybridized carbons (Fsp3) is 0.550. The number of hydrogen-bond donors (Lipinski definition) is 2. The van der Waals surface area contributed by atoms with Gasteiger partial charge in [-0.15, -0.1) is 0 Å². The Morgan fingerprint density at radius 2 is 1.73 bits per heavy atom. The third-order valence-corrected chi connectivity index (χ3v) is 5.33. The van der Waals surface area contributed by atoms with E-state index in [-0.39, 0.29) is 18.2 Å². The van der Waals surface area contributed by atoms with Crippen LogP contribution in [0.4, 0.5) is 0 Å². The predicted octanol–water partition coefficient (Wildman–Crippen LogP) is 2.81. The summed E-state index contributed by atoms with van der Waals surface area (Å²) in [5.74, 6) is -1.44. The van der Waals surface area contributed by atoms with E-state index < -0.39 is 17.6 Å². The largest absolute Gasteiger partial charge is 0.479 e. The van der Waals surface area contributed by atoms with Crippen molar-refractivity contribution in [2.75, 3.05) is 7.05 Å². The highest BCUT2D eigenvalue weighted by Crippen LogP contribution is 2.34. The van der Waals surface area contributed by atoms with Crippen LogP contribution in [-0.2, 0) is 14.4 Å². The highest BCUT2D eigenvalue weighted by molar-refractivity contribution is 5.87. The molecule has 1 unspecified atom stereocenters. The van der Waals surface area contributed by atoms with Crippen molar-refractivity contribution >= 4 is 17.8 Å². The molecule has 6 nitrogen and oxygen atoms in total. The van der Waals surface area contributed by atoms with Gasteiger partial charge in [0.05, 0.1) is 12.5 Å². The van der Waals surface area contributed by atoms with Gasteiger partial charge in [0.1, 0.15) is 5.54 Å². The van der Waals surface area contributed by atoms with Gasteiger partial charge in [0.25, 0.3) is 0 Å². The molecule has 1 aromatic rings. The molecule has 1 aliphatic carbocycles. The fourth-order valence-corrected chi connectivity index (χ4v) is 3.68. The first-order chi connectivity index (χ1) is 12.3. The molecular formula is C20H28N2O4. The van der Waals surface area contributed by atoms with Crippen molar-refractivity contribution < 1.29 is 19.5 Å². The summed E-state index contributed by atoms with van der Waals surface area (Å²) in [5, 5.41) is 12.6. The predicted molar refractivity (Wildman–Crippen MR) is 98.6 cm³/mol. The Labute approximate surface area is 154 Å². The number of likely N-dealkylation sites (N-methyl/N-ethyl adjacent to an activating group) is 1. The van der Waals surface area contributed by atoms with Crippen LogP contribution in [0.3, 0.4) is 0 Å². The number of carboxylic acid groups (broad SMARTS) is 1. The number of nitrogens with zero attached hydrogens (tertiary/aromatic N) is 1. The van der Waals surface area contributed by atoms with Gasteiger partial charge in [-0.1, -0.05) is 49.1 Å². The molecule has 2 rings (SSSR count). The Kier molecular flexibility index (Phi) is 6.40. The highest BCUT2D eigenvalue weighted by atomic mass is 16.4. The monoisotopic (exact) mass is 360 g/mol. The van der Waals surface area contributed by atoms with Gasteiger partial charge in [-0.2, -0.15) is 0 Å². The average Bonchev–Trinajstić information content (AvgIpc) is 2.61. The van der Waals surface area contributed by atoms with E-state index >= 15 is 0 Å². The molecule has 0 heterocycles. The maximum Gasteiger partial charge on any atom is 0.329 e. The summed E-state index contributed by atoms with van der Waals surface area (Å²) >= 11 is 0. The maximum absolute atomic E-state index is 12.9. The molecule has 1 atom stereocenters. The Bertz CT molecular complexity index is 663. The lowest BCUT2D eigenvalue weighted by molar-refractivity contribution is -0.160. The normalized spacial score (nSPS) is 17.2. The number of nitrogens with one attached hydrogen (secondary N) is 1. The van der Waals surface area contributed by atoms with Crippen molar-refractivity contribution in [3.63, 3.8) is 0 Å². The van der Waals surface area contributed by atoms with E-state index in [0.29, 0.717) is 12.8 Å². The van der Waals surface area contributed by atoms with Crippen LogP contribution in [0, 0.1) is 6.92 Å². The number of aryl methyl sites for hydroxylation is 1. The molecule has 1 saturated carbocycles. The van der Waals surface area contributed by atoms with E-state index in [1.807, 2.05) is 31.2 Å². The zero-order valence-electron chi connectivity index (χ0n) is 15.7. The van der Waals surface area contributed by atoms with Crippen LogP contribution in [0.25, 0.3) is 0 Å². The molecule has 6 heteroatoms. The fourth-order valence-electron chi connectivity index (χ4n) is 3.68. The molecule has 0 aliphatic heterocycles. The van der Waals surface area contributed by atoms with E-state index in [9.17, 15) is 19.5 Å². The third-order valence-electron chi connectivity index (χ3n) is 5.33. The Balaban J connectivity index is 2.20. The second-order valence-corrected chi connectivity index (χ2v) is 7.22. The highest BCUT2D eigenvalue weighted by Gasteiger charge is 2.45. The molecule has 142 valence electrons. The number of aliphatic carboxylic acids is 1. The van der Waals surface area contributed by atoms with Gasteiger partial charge >= 0.3 is 5.97 Å². The number of carbonyl (C=O) groups excluding carboxylic acids is 2. The van der Waals surface area contributed by atoms with E-state index in [1.165, 1.54) is 11.8 Å². The summed E-state index contributed by atoms with van der Waals surface area (Å²) in [6.45, 7) is 3.38. The van der Waals surface area contributed by atoms with Crippen LogP contribution in [-0.4, -0.2) is 40.4 Å². The summed E-state index contributed by atoms with van der Waals surface area (Å²) in [6, 6.07) is 7.15. The van der Waals surface area contributed by atoms with Gasteiger partial charge in [0.15, 0.2) is 0 Å². The Hall–Kier alpha value is -2.37. The summed E-state index contributed by atoms with van der Waals surface area (Å²) in [6.07, 6.45) is 3.58. The molecule has 1 fully saturated rings. The summed E-state index contributed by atoms with van der Waals surface area (Å²) < 4.78 is 0. The van der Waals surface area contributed by atoms with Gasteiger partial charge in [0, 0.05) is 14.0 Å². The van der Waals surface area contributed by atoms with Crippen LogP contribution >= 0.6 is 0 Å². The number of rotatable bonds is 6. The molecule has 1 aromatic carbocycles. The summed E-state index contributed by atoms with van der Waals surface area (Å²) in [5.41, 5.74) is 0.787. The second kappa shape index (κ2) is 8.34. The molecule has 0 aromatic heterocycles. The summed E-state index contributed by atoms with van der Waals surface area (Å²) in [7, 11) is 1.57. The lowest BCUT2D eigenvalue weighted by atomic mass is 9.80. The molecule has 26 heavy (non-hydrogen) atoms. The van der Waals surface area contributed by atoms with Crippen molar-refractivity contribution in [1.29, 1.82) is 0 Å². The molecule has 2 amide bonds. The van der Waals surface area contributed by atoms with E-state index in [4.69, 9.17) is 0 Å². The number of carboxylic acids is 1. The van der Waals surface area contributed by atoms with Gasteiger partial charge < -0.3 is 15.3 Å². The van der Waals surface area contributed by atoms with Gasteiger partial charge in [-0.3, -0.25) is 9.59 Å². The lowest BCUT2D eigenvalue weighted by Gasteiger charge is -2.41. The van der Waals surface area contributed by atoms with E-state index in [1.54, 1.807) is 7.05 Å². The van der Waals surface area contributed by atoms with Crippen LogP contribution in [0.5, 0.6) is 0 Å². The van der Waals surface area contributed by atoms with Crippen LogP contribution in [0.2, 0.25) is 0 Å². The zero-order chi connectivity index (χ0) is 19.3. The van der Waals surface area contributed by atoms with Crippen molar-refractivity contribution in [3.8, 4) is 0 Å². The molecule has 0 bridgehead atoms. The minimum absolute atomic E-state index is 0.0359. The lowest BCUT2D eigenvalue weighted by Crippen LogP contribution is -2.56. The van der Waals surface area contributed by atoms with Crippen molar-refractivity contribution in [1.82, 2.24) is 10.2 Å². The van der Waals surface area contributed by atoms with Gasteiger partial charge in [-0.25, -0.2) is 4.79 Å². The first kappa shape index (κ1) is 19.9.